The van der Waals surface area contributed by atoms with Gasteiger partial charge in [-0.1, -0.05) is 0 Å². The van der Waals surface area contributed by atoms with E-state index in [0.717, 1.165) is 6.07 Å². The summed E-state index contributed by atoms with van der Waals surface area (Å²) in [5, 5.41) is 0. The Labute approximate surface area is 114 Å². The van der Waals surface area contributed by atoms with Gasteiger partial charge >= 0.3 is 5.97 Å². The SMILES string of the molecule is COC(=O)c1ccc(C(N)c2cc(C)c(F)cc2F)o1. The van der Waals surface area contributed by atoms with Crippen molar-refractivity contribution < 1.29 is 22.7 Å². The fraction of sp³-hybridized carbons (Fsp3) is 0.214. The highest BCUT2D eigenvalue weighted by molar-refractivity contribution is 5.86. The molecule has 4 nitrogen and oxygen atoms in total. The number of methoxy groups -OCH3 is 1. The Morgan fingerprint density at radius 2 is 2.00 bits per heavy atom. The average Bonchev–Trinajstić information content (AvgIpc) is 2.91. The minimum absolute atomic E-state index is 0.0304. The fourth-order valence-corrected chi connectivity index (χ4v) is 1.80. The molecular weight excluding hydrogens is 268 g/mol. The lowest BCUT2D eigenvalue weighted by atomic mass is 10.0. The highest BCUT2D eigenvalue weighted by Crippen LogP contribution is 2.26. The lowest BCUT2D eigenvalue weighted by Gasteiger charge is -2.11. The van der Waals surface area contributed by atoms with Crippen molar-refractivity contribution in [3.05, 3.63) is 58.5 Å². The third kappa shape index (κ3) is 2.55. The second-order valence-electron chi connectivity index (χ2n) is 4.29. The summed E-state index contributed by atoms with van der Waals surface area (Å²) in [6, 6.07) is 3.99. The zero-order valence-corrected chi connectivity index (χ0v) is 10.9. The van der Waals surface area contributed by atoms with Crippen LogP contribution in [0.2, 0.25) is 0 Å². The van der Waals surface area contributed by atoms with Crippen molar-refractivity contribution in [1.29, 1.82) is 0 Å². The van der Waals surface area contributed by atoms with Gasteiger partial charge in [-0.3, -0.25) is 0 Å². The molecule has 1 heterocycles. The maximum absolute atomic E-state index is 13.7. The van der Waals surface area contributed by atoms with Crippen molar-refractivity contribution in [2.45, 2.75) is 13.0 Å². The molecule has 0 aliphatic carbocycles. The maximum Gasteiger partial charge on any atom is 0.373 e. The number of furan rings is 1. The Balaban J connectivity index is 2.36. The first-order valence-electron chi connectivity index (χ1n) is 5.83. The van der Waals surface area contributed by atoms with E-state index >= 15 is 0 Å². The van der Waals surface area contributed by atoms with E-state index in [9.17, 15) is 13.6 Å². The molecule has 0 saturated heterocycles. The van der Waals surface area contributed by atoms with Gasteiger partial charge in [0.2, 0.25) is 5.76 Å². The molecule has 0 bridgehead atoms. The molecule has 106 valence electrons. The lowest BCUT2D eigenvalue weighted by molar-refractivity contribution is 0.0562. The van der Waals surface area contributed by atoms with Crippen molar-refractivity contribution in [3.63, 3.8) is 0 Å². The van der Waals surface area contributed by atoms with Gasteiger partial charge in [0.1, 0.15) is 17.4 Å². The fourth-order valence-electron chi connectivity index (χ4n) is 1.80. The summed E-state index contributed by atoms with van der Waals surface area (Å²) in [5.74, 6) is -1.91. The average molecular weight is 281 g/mol. The number of hydrogen-bond donors (Lipinski definition) is 1. The van der Waals surface area contributed by atoms with E-state index in [1.807, 2.05) is 0 Å². The van der Waals surface area contributed by atoms with E-state index in [1.54, 1.807) is 0 Å². The van der Waals surface area contributed by atoms with Crippen LogP contribution < -0.4 is 5.73 Å². The van der Waals surface area contributed by atoms with E-state index in [2.05, 4.69) is 4.74 Å². The van der Waals surface area contributed by atoms with E-state index in [0.29, 0.717) is 0 Å². The van der Waals surface area contributed by atoms with Crippen LogP contribution in [0.25, 0.3) is 0 Å². The summed E-state index contributed by atoms with van der Waals surface area (Å²) in [7, 11) is 1.22. The second kappa shape index (κ2) is 5.42. The number of ether oxygens (including phenoxy) is 1. The molecule has 20 heavy (non-hydrogen) atoms. The van der Waals surface area contributed by atoms with Gasteiger partial charge in [-0.15, -0.1) is 0 Å². The Bertz CT molecular complexity index is 652. The van der Waals surface area contributed by atoms with Crippen molar-refractivity contribution in [3.8, 4) is 0 Å². The summed E-state index contributed by atoms with van der Waals surface area (Å²) >= 11 is 0. The van der Waals surface area contributed by atoms with E-state index in [1.165, 1.54) is 32.2 Å². The van der Waals surface area contributed by atoms with Gasteiger partial charge in [0.15, 0.2) is 0 Å². The van der Waals surface area contributed by atoms with Crippen LogP contribution in [0.1, 0.15) is 33.5 Å². The topological polar surface area (TPSA) is 65.5 Å². The number of hydrogen-bond acceptors (Lipinski definition) is 4. The number of halogens is 2. The first kappa shape index (κ1) is 14.2. The van der Waals surface area contributed by atoms with Crippen LogP contribution in [0, 0.1) is 18.6 Å². The number of benzene rings is 1. The molecule has 2 rings (SSSR count). The highest BCUT2D eigenvalue weighted by Gasteiger charge is 2.20. The molecule has 0 radical (unpaired) electrons. The van der Waals surface area contributed by atoms with Crippen LogP contribution in [-0.2, 0) is 4.74 Å². The molecule has 6 heteroatoms. The molecule has 1 aromatic heterocycles. The minimum atomic E-state index is -0.937. The Morgan fingerprint density at radius 1 is 1.30 bits per heavy atom. The normalized spacial score (nSPS) is 12.2. The zero-order chi connectivity index (χ0) is 14.9. The first-order valence-corrected chi connectivity index (χ1v) is 5.83. The summed E-state index contributed by atoms with van der Waals surface area (Å²) < 4.78 is 36.7. The van der Waals surface area contributed by atoms with Crippen LogP contribution in [0.4, 0.5) is 8.78 Å². The molecular formula is C14H13F2NO3. The quantitative estimate of drug-likeness (QED) is 0.878. The van der Waals surface area contributed by atoms with Crippen molar-refractivity contribution >= 4 is 5.97 Å². The summed E-state index contributed by atoms with van der Waals surface area (Å²) in [6.45, 7) is 1.51. The van der Waals surface area contributed by atoms with E-state index in [-0.39, 0.29) is 22.6 Å². The van der Waals surface area contributed by atoms with Crippen LogP contribution in [0.3, 0.4) is 0 Å². The van der Waals surface area contributed by atoms with E-state index in [4.69, 9.17) is 10.2 Å². The van der Waals surface area contributed by atoms with Crippen LogP contribution >= 0.6 is 0 Å². The van der Waals surface area contributed by atoms with Gasteiger partial charge in [0, 0.05) is 11.6 Å². The molecule has 0 spiro atoms. The van der Waals surface area contributed by atoms with Gasteiger partial charge in [0.05, 0.1) is 13.2 Å². The summed E-state index contributed by atoms with van der Waals surface area (Å²) in [4.78, 5) is 11.3. The molecule has 0 saturated carbocycles. The van der Waals surface area contributed by atoms with Crippen LogP contribution in [0.15, 0.2) is 28.7 Å². The standard InChI is InChI=1S/C14H13F2NO3/c1-7-5-8(10(16)6-9(7)15)13(17)11-3-4-12(20-11)14(18)19-2/h3-6,13H,17H2,1-2H3. The van der Waals surface area contributed by atoms with Gasteiger partial charge in [-0.2, -0.15) is 0 Å². The predicted molar refractivity (Wildman–Crippen MR) is 67.2 cm³/mol. The number of carbonyl (C=O) groups excluding carboxylic acids is 1. The molecule has 2 aromatic rings. The summed E-state index contributed by atoms with van der Waals surface area (Å²) in [6.07, 6.45) is 0. The maximum atomic E-state index is 13.7. The minimum Gasteiger partial charge on any atom is -0.463 e. The van der Waals surface area contributed by atoms with Gasteiger partial charge in [0.25, 0.3) is 0 Å². The monoisotopic (exact) mass is 281 g/mol. The molecule has 1 atom stereocenters. The number of nitrogens with two attached hydrogens (primary N) is 1. The third-order valence-electron chi connectivity index (χ3n) is 2.93. The Kier molecular flexibility index (Phi) is 3.85. The first-order chi connectivity index (χ1) is 9.43. The van der Waals surface area contributed by atoms with Crippen LogP contribution in [0.5, 0.6) is 0 Å². The van der Waals surface area contributed by atoms with Gasteiger partial charge < -0.3 is 14.9 Å². The Morgan fingerprint density at radius 3 is 2.65 bits per heavy atom. The highest BCUT2D eigenvalue weighted by atomic mass is 19.1. The number of rotatable bonds is 3. The van der Waals surface area contributed by atoms with Gasteiger partial charge in [-0.25, -0.2) is 13.6 Å². The molecule has 0 amide bonds. The largest absolute Gasteiger partial charge is 0.463 e. The lowest BCUT2D eigenvalue weighted by Crippen LogP contribution is -2.13. The van der Waals surface area contributed by atoms with Crippen molar-refractivity contribution in [1.82, 2.24) is 0 Å². The van der Waals surface area contributed by atoms with Crippen molar-refractivity contribution in [2.75, 3.05) is 7.11 Å². The van der Waals surface area contributed by atoms with E-state index < -0.39 is 23.6 Å². The predicted octanol–water partition coefficient (Wildman–Crippen LogP) is 2.70. The van der Waals surface area contributed by atoms with Gasteiger partial charge in [-0.05, 0) is 30.7 Å². The number of carbonyl (C=O) groups is 1. The molecule has 0 aliphatic heterocycles. The molecule has 2 N–H and O–H groups in total. The van der Waals surface area contributed by atoms with Crippen LogP contribution in [-0.4, -0.2) is 13.1 Å². The second-order valence-corrected chi connectivity index (χ2v) is 4.29. The molecule has 0 aliphatic rings. The molecule has 0 fully saturated rings. The zero-order valence-electron chi connectivity index (χ0n) is 10.9. The van der Waals surface area contributed by atoms with Crippen molar-refractivity contribution in [2.24, 2.45) is 5.73 Å². The Hall–Kier alpha value is -2.21. The number of aryl methyl sites for hydroxylation is 1. The molecule has 1 unspecified atom stereocenters. The number of esters is 1. The summed E-state index contributed by atoms with van der Waals surface area (Å²) in [5.41, 5.74) is 6.25. The smallest absolute Gasteiger partial charge is 0.373 e. The molecule has 1 aromatic carbocycles. The third-order valence-corrected chi connectivity index (χ3v) is 2.93.